The average molecular weight is 392 g/mol. The molecule has 140 valence electrons. The van der Waals surface area contributed by atoms with E-state index in [9.17, 15) is 4.79 Å². The molecule has 2 unspecified atom stereocenters. The van der Waals surface area contributed by atoms with E-state index in [1.54, 1.807) is 7.11 Å². The molecular formula is C21H26ClNO2S. The highest BCUT2D eigenvalue weighted by Crippen LogP contribution is 2.27. The molecule has 0 heterocycles. The number of thioether (sulfide) groups is 1. The first-order chi connectivity index (χ1) is 12.4. The van der Waals surface area contributed by atoms with Crippen molar-refractivity contribution in [3.05, 3.63) is 59.1 Å². The van der Waals surface area contributed by atoms with Crippen LogP contribution in [0.1, 0.15) is 38.8 Å². The number of ether oxygens (including phenoxy) is 1. The molecule has 2 aromatic carbocycles. The molecule has 3 nitrogen and oxygen atoms in total. The lowest BCUT2D eigenvalue weighted by atomic mass is 9.96. The van der Waals surface area contributed by atoms with Crippen molar-refractivity contribution in [1.82, 2.24) is 5.32 Å². The van der Waals surface area contributed by atoms with Crippen molar-refractivity contribution >= 4 is 29.3 Å². The molecule has 0 aliphatic heterocycles. The van der Waals surface area contributed by atoms with Crippen LogP contribution in [0.3, 0.4) is 0 Å². The highest BCUT2D eigenvalue weighted by atomic mass is 35.5. The lowest BCUT2D eigenvalue weighted by molar-refractivity contribution is -0.121. The lowest BCUT2D eigenvalue weighted by Gasteiger charge is -2.23. The number of carbonyl (C=O) groups excluding carboxylic acids is 1. The van der Waals surface area contributed by atoms with Gasteiger partial charge in [0.1, 0.15) is 5.75 Å². The van der Waals surface area contributed by atoms with Gasteiger partial charge in [-0.15, -0.1) is 11.8 Å². The third-order valence-corrected chi connectivity index (χ3v) is 5.40. The van der Waals surface area contributed by atoms with Gasteiger partial charge >= 0.3 is 0 Å². The Hall–Kier alpha value is -1.65. The Morgan fingerprint density at radius 1 is 1.08 bits per heavy atom. The zero-order valence-electron chi connectivity index (χ0n) is 15.7. The van der Waals surface area contributed by atoms with Crippen LogP contribution in [0.4, 0.5) is 0 Å². The molecule has 26 heavy (non-hydrogen) atoms. The molecule has 0 bridgehead atoms. The summed E-state index contributed by atoms with van der Waals surface area (Å²) in [5.41, 5.74) is 1.09. The van der Waals surface area contributed by atoms with E-state index in [-0.39, 0.29) is 17.2 Å². The molecule has 0 radical (unpaired) electrons. The van der Waals surface area contributed by atoms with Gasteiger partial charge < -0.3 is 10.1 Å². The number of rotatable bonds is 8. The number of methoxy groups -OCH3 is 1. The van der Waals surface area contributed by atoms with Crippen LogP contribution < -0.4 is 10.1 Å². The average Bonchev–Trinajstić information content (AvgIpc) is 2.62. The minimum Gasteiger partial charge on any atom is -0.497 e. The normalized spacial score (nSPS) is 13.3. The highest BCUT2D eigenvalue weighted by molar-refractivity contribution is 8.00. The summed E-state index contributed by atoms with van der Waals surface area (Å²) in [4.78, 5) is 13.7. The van der Waals surface area contributed by atoms with Crippen molar-refractivity contribution in [2.75, 3.05) is 7.11 Å². The summed E-state index contributed by atoms with van der Waals surface area (Å²) in [5, 5.41) is 3.71. The minimum atomic E-state index is -0.191. The number of halogens is 1. The summed E-state index contributed by atoms with van der Waals surface area (Å²) >= 11 is 7.45. The summed E-state index contributed by atoms with van der Waals surface area (Å²) in [7, 11) is 1.65. The van der Waals surface area contributed by atoms with Crippen molar-refractivity contribution in [2.45, 2.75) is 43.4 Å². The smallest absolute Gasteiger partial charge is 0.233 e. The molecule has 0 fully saturated rings. The SMILES string of the molecule is COc1ccc(C(CC(C)C)NC(=O)C(C)Sc2ccc(Cl)cc2)cc1. The maximum absolute atomic E-state index is 12.7. The summed E-state index contributed by atoms with van der Waals surface area (Å²) in [6.45, 7) is 6.25. The second-order valence-corrected chi connectivity index (χ2v) is 8.53. The molecule has 0 saturated heterocycles. The standard InChI is InChI=1S/C21H26ClNO2S/c1-14(2)13-20(16-5-9-18(25-4)10-6-16)23-21(24)15(3)26-19-11-7-17(22)8-12-19/h5-12,14-15,20H,13H2,1-4H3,(H,23,24). The minimum absolute atomic E-state index is 0.0123. The van der Waals surface area contributed by atoms with Gasteiger partial charge in [0, 0.05) is 9.92 Å². The fourth-order valence-electron chi connectivity index (χ4n) is 2.65. The zero-order chi connectivity index (χ0) is 19.1. The molecule has 0 aromatic heterocycles. The van der Waals surface area contributed by atoms with Gasteiger partial charge in [-0.1, -0.05) is 37.6 Å². The second-order valence-electron chi connectivity index (χ2n) is 6.68. The van der Waals surface area contributed by atoms with Crippen molar-refractivity contribution in [1.29, 1.82) is 0 Å². The molecule has 2 atom stereocenters. The number of hydrogen-bond donors (Lipinski definition) is 1. The molecule has 2 rings (SSSR count). The van der Waals surface area contributed by atoms with Crippen LogP contribution in [-0.2, 0) is 4.79 Å². The van der Waals surface area contributed by atoms with Gasteiger partial charge in [0.15, 0.2) is 0 Å². The topological polar surface area (TPSA) is 38.3 Å². The van der Waals surface area contributed by atoms with Crippen LogP contribution in [0.25, 0.3) is 0 Å². The van der Waals surface area contributed by atoms with Crippen molar-refractivity contribution < 1.29 is 9.53 Å². The van der Waals surface area contributed by atoms with E-state index in [2.05, 4.69) is 19.2 Å². The maximum Gasteiger partial charge on any atom is 0.233 e. The van der Waals surface area contributed by atoms with Gasteiger partial charge in [-0.05, 0) is 61.2 Å². The Morgan fingerprint density at radius 3 is 2.23 bits per heavy atom. The van der Waals surface area contributed by atoms with Crippen LogP contribution in [0.5, 0.6) is 5.75 Å². The van der Waals surface area contributed by atoms with Crippen molar-refractivity contribution in [2.24, 2.45) is 5.92 Å². The Morgan fingerprint density at radius 2 is 1.69 bits per heavy atom. The van der Waals surface area contributed by atoms with E-state index in [4.69, 9.17) is 16.3 Å². The van der Waals surface area contributed by atoms with Crippen LogP contribution in [0, 0.1) is 5.92 Å². The van der Waals surface area contributed by atoms with E-state index in [0.29, 0.717) is 10.9 Å². The maximum atomic E-state index is 12.7. The van der Waals surface area contributed by atoms with E-state index in [1.165, 1.54) is 11.8 Å². The van der Waals surface area contributed by atoms with Gasteiger partial charge in [-0.25, -0.2) is 0 Å². The van der Waals surface area contributed by atoms with E-state index in [1.807, 2.05) is 55.5 Å². The fourth-order valence-corrected chi connectivity index (χ4v) is 3.65. The third kappa shape index (κ3) is 6.26. The first-order valence-corrected chi connectivity index (χ1v) is 10.0. The number of benzene rings is 2. The van der Waals surface area contributed by atoms with Crippen LogP contribution >= 0.6 is 23.4 Å². The first kappa shape index (κ1) is 20.7. The lowest BCUT2D eigenvalue weighted by Crippen LogP contribution is -2.35. The molecule has 1 amide bonds. The predicted molar refractivity (Wildman–Crippen MR) is 110 cm³/mol. The number of amides is 1. The predicted octanol–water partition coefficient (Wildman–Crippen LogP) is 5.73. The van der Waals surface area contributed by atoms with Gasteiger partial charge in [0.2, 0.25) is 5.91 Å². The molecule has 0 saturated carbocycles. The van der Waals surface area contributed by atoms with E-state index < -0.39 is 0 Å². The van der Waals surface area contributed by atoms with Crippen molar-refractivity contribution in [3.63, 3.8) is 0 Å². The molecular weight excluding hydrogens is 366 g/mol. The Balaban J connectivity index is 2.05. The molecule has 0 aliphatic rings. The number of nitrogens with one attached hydrogen (secondary N) is 1. The van der Waals surface area contributed by atoms with E-state index in [0.717, 1.165) is 22.6 Å². The monoisotopic (exact) mass is 391 g/mol. The van der Waals surface area contributed by atoms with Gasteiger partial charge in [0.25, 0.3) is 0 Å². The Labute approximate surface area is 165 Å². The fraction of sp³-hybridized carbons (Fsp3) is 0.381. The van der Waals surface area contributed by atoms with Crippen molar-refractivity contribution in [3.8, 4) is 5.75 Å². The summed E-state index contributed by atoms with van der Waals surface area (Å²) in [5.74, 6) is 1.32. The zero-order valence-corrected chi connectivity index (χ0v) is 17.2. The Bertz CT molecular complexity index is 701. The van der Waals surface area contributed by atoms with Crippen LogP contribution in [-0.4, -0.2) is 18.3 Å². The highest BCUT2D eigenvalue weighted by Gasteiger charge is 2.21. The molecule has 0 aliphatic carbocycles. The number of hydrogen-bond acceptors (Lipinski definition) is 3. The largest absolute Gasteiger partial charge is 0.497 e. The van der Waals surface area contributed by atoms with E-state index >= 15 is 0 Å². The van der Waals surface area contributed by atoms with Crippen LogP contribution in [0.15, 0.2) is 53.4 Å². The van der Waals surface area contributed by atoms with Crippen LogP contribution in [0.2, 0.25) is 5.02 Å². The van der Waals surface area contributed by atoms with Gasteiger partial charge in [-0.2, -0.15) is 0 Å². The number of carbonyl (C=O) groups is 1. The summed E-state index contributed by atoms with van der Waals surface area (Å²) in [6.07, 6.45) is 0.885. The summed E-state index contributed by atoms with van der Waals surface area (Å²) in [6, 6.07) is 15.4. The molecule has 5 heteroatoms. The van der Waals surface area contributed by atoms with Gasteiger partial charge in [-0.3, -0.25) is 4.79 Å². The molecule has 2 aromatic rings. The third-order valence-electron chi connectivity index (χ3n) is 4.04. The summed E-state index contributed by atoms with van der Waals surface area (Å²) < 4.78 is 5.22. The molecule has 1 N–H and O–H groups in total. The Kier molecular flexibility index (Phi) is 7.85. The molecule has 0 spiro atoms. The first-order valence-electron chi connectivity index (χ1n) is 8.75. The van der Waals surface area contributed by atoms with Gasteiger partial charge in [0.05, 0.1) is 18.4 Å². The quantitative estimate of drug-likeness (QED) is 0.583. The second kappa shape index (κ2) is 9.89.